The molecule has 1 saturated heterocycles. The summed E-state index contributed by atoms with van der Waals surface area (Å²) < 4.78 is 0. The highest BCUT2D eigenvalue weighted by atomic mass is 35.5. The van der Waals surface area contributed by atoms with Crippen molar-refractivity contribution in [2.45, 2.75) is 31.6 Å². The molecule has 0 radical (unpaired) electrons. The molecule has 0 N–H and O–H groups in total. The average molecular weight is 397 g/mol. The number of benzene rings is 2. The second kappa shape index (κ2) is 7.19. The lowest BCUT2D eigenvalue weighted by atomic mass is 9.83. The van der Waals surface area contributed by atoms with E-state index in [1.807, 2.05) is 49.1 Å². The predicted molar refractivity (Wildman–Crippen MR) is 105 cm³/mol. The molecule has 2 nitrogen and oxygen atoms in total. The monoisotopic (exact) mass is 395 g/mol. The SMILES string of the molecule is CC(C)(C(=O)N1CCC(c2cccc(Cl)c2)C1)c1cccc(Cl)c1Cl. The molecule has 132 valence electrons. The quantitative estimate of drug-likeness (QED) is 0.628. The van der Waals surface area contributed by atoms with Gasteiger partial charge in [-0.1, -0.05) is 59.1 Å². The Morgan fingerprint density at radius 2 is 1.84 bits per heavy atom. The smallest absolute Gasteiger partial charge is 0.232 e. The fourth-order valence-corrected chi connectivity index (χ4v) is 4.21. The molecule has 1 atom stereocenters. The van der Waals surface area contributed by atoms with Gasteiger partial charge in [-0.2, -0.15) is 0 Å². The Morgan fingerprint density at radius 3 is 2.56 bits per heavy atom. The van der Waals surface area contributed by atoms with Crippen molar-refractivity contribution in [3.05, 3.63) is 68.7 Å². The van der Waals surface area contributed by atoms with Gasteiger partial charge in [0, 0.05) is 24.0 Å². The van der Waals surface area contributed by atoms with Crippen LogP contribution < -0.4 is 0 Å². The van der Waals surface area contributed by atoms with Gasteiger partial charge in [0.2, 0.25) is 5.91 Å². The summed E-state index contributed by atoms with van der Waals surface area (Å²) >= 11 is 18.6. The van der Waals surface area contributed by atoms with Crippen LogP contribution in [0, 0.1) is 0 Å². The highest BCUT2D eigenvalue weighted by Crippen LogP contribution is 2.37. The number of amides is 1. The number of nitrogens with zero attached hydrogens (tertiary/aromatic N) is 1. The molecule has 3 rings (SSSR count). The maximum Gasteiger partial charge on any atom is 0.232 e. The molecule has 1 unspecified atom stereocenters. The van der Waals surface area contributed by atoms with E-state index in [2.05, 4.69) is 6.07 Å². The number of hydrogen-bond donors (Lipinski definition) is 0. The van der Waals surface area contributed by atoms with Crippen LogP contribution in [0.25, 0.3) is 0 Å². The van der Waals surface area contributed by atoms with Crippen LogP contribution in [0.3, 0.4) is 0 Å². The van der Waals surface area contributed by atoms with Crippen molar-refractivity contribution in [3.63, 3.8) is 0 Å². The number of rotatable bonds is 3. The molecule has 5 heteroatoms. The number of carbonyl (C=O) groups excluding carboxylic acids is 1. The second-order valence-corrected chi connectivity index (χ2v) is 8.24. The maximum absolute atomic E-state index is 13.2. The van der Waals surface area contributed by atoms with Crippen LogP contribution in [-0.2, 0) is 10.2 Å². The van der Waals surface area contributed by atoms with Crippen LogP contribution in [-0.4, -0.2) is 23.9 Å². The van der Waals surface area contributed by atoms with Crippen LogP contribution in [0.15, 0.2) is 42.5 Å². The standard InChI is InChI=1S/C20H20Cl3NO/c1-20(2,16-7-4-8-17(22)18(16)23)19(25)24-10-9-14(12-24)13-5-3-6-15(21)11-13/h3-8,11,14H,9-10,12H2,1-2H3. The molecular weight excluding hydrogens is 377 g/mol. The van der Waals surface area contributed by atoms with Crippen molar-refractivity contribution in [2.75, 3.05) is 13.1 Å². The van der Waals surface area contributed by atoms with E-state index in [1.54, 1.807) is 6.07 Å². The molecule has 0 saturated carbocycles. The van der Waals surface area contributed by atoms with Gasteiger partial charge in [-0.3, -0.25) is 4.79 Å². The van der Waals surface area contributed by atoms with Crippen LogP contribution in [0.4, 0.5) is 0 Å². The van der Waals surface area contributed by atoms with E-state index < -0.39 is 5.41 Å². The molecule has 2 aromatic rings. The van der Waals surface area contributed by atoms with Gasteiger partial charge < -0.3 is 4.90 Å². The lowest BCUT2D eigenvalue weighted by Gasteiger charge is -2.30. The van der Waals surface area contributed by atoms with E-state index in [4.69, 9.17) is 34.8 Å². The van der Waals surface area contributed by atoms with Crippen molar-refractivity contribution in [3.8, 4) is 0 Å². The molecule has 1 heterocycles. The van der Waals surface area contributed by atoms with Gasteiger partial charge in [0.15, 0.2) is 0 Å². The number of halogens is 3. The van der Waals surface area contributed by atoms with Gasteiger partial charge in [-0.15, -0.1) is 0 Å². The molecule has 0 aliphatic carbocycles. The highest BCUT2D eigenvalue weighted by Gasteiger charge is 2.38. The first-order chi connectivity index (χ1) is 11.8. The Labute approximate surface area is 163 Å². The largest absolute Gasteiger partial charge is 0.341 e. The zero-order chi connectivity index (χ0) is 18.2. The van der Waals surface area contributed by atoms with Gasteiger partial charge >= 0.3 is 0 Å². The van der Waals surface area contributed by atoms with Gasteiger partial charge in [-0.25, -0.2) is 0 Å². The molecule has 1 amide bonds. The Kier molecular flexibility index (Phi) is 5.34. The van der Waals surface area contributed by atoms with Gasteiger partial charge in [-0.05, 0) is 49.6 Å². The topological polar surface area (TPSA) is 20.3 Å². The molecule has 0 spiro atoms. The Morgan fingerprint density at radius 1 is 1.12 bits per heavy atom. The van der Waals surface area contributed by atoms with Crippen molar-refractivity contribution >= 4 is 40.7 Å². The Bertz CT molecular complexity index is 803. The van der Waals surface area contributed by atoms with Gasteiger partial charge in [0.25, 0.3) is 0 Å². The number of hydrogen-bond acceptors (Lipinski definition) is 1. The molecular formula is C20H20Cl3NO. The summed E-state index contributed by atoms with van der Waals surface area (Å²) in [6.45, 7) is 5.23. The van der Waals surface area contributed by atoms with Crippen molar-refractivity contribution in [2.24, 2.45) is 0 Å². The minimum absolute atomic E-state index is 0.0706. The summed E-state index contributed by atoms with van der Waals surface area (Å²) in [5.74, 6) is 0.384. The van der Waals surface area contributed by atoms with E-state index in [0.29, 0.717) is 22.5 Å². The summed E-state index contributed by atoms with van der Waals surface area (Å²) in [6.07, 6.45) is 0.936. The first-order valence-corrected chi connectivity index (χ1v) is 9.43. The zero-order valence-electron chi connectivity index (χ0n) is 14.2. The summed E-state index contributed by atoms with van der Waals surface area (Å²) in [6, 6.07) is 13.3. The fourth-order valence-electron chi connectivity index (χ4n) is 3.47. The fraction of sp³-hybridized carbons (Fsp3) is 0.350. The molecule has 0 aromatic heterocycles. The lowest BCUT2D eigenvalue weighted by Crippen LogP contribution is -2.42. The van der Waals surface area contributed by atoms with Crippen molar-refractivity contribution in [1.82, 2.24) is 4.90 Å². The molecule has 0 bridgehead atoms. The first kappa shape index (κ1) is 18.6. The van der Waals surface area contributed by atoms with Gasteiger partial charge in [0.1, 0.15) is 0 Å². The van der Waals surface area contributed by atoms with E-state index in [9.17, 15) is 4.79 Å². The maximum atomic E-state index is 13.2. The van der Waals surface area contributed by atoms with E-state index in [-0.39, 0.29) is 5.91 Å². The van der Waals surface area contributed by atoms with Gasteiger partial charge in [0.05, 0.1) is 15.5 Å². The van der Waals surface area contributed by atoms with Crippen LogP contribution in [0.1, 0.15) is 37.3 Å². The van der Waals surface area contributed by atoms with Crippen LogP contribution in [0.2, 0.25) is 15.1 Å². The number of likely N-dealkylation sites (tertiary alicyclic amines) is 1. The predicted octanol–water partition coefficient (Wildman–Crippen LogP) is 5.94. The first-order valence-electron chi connectivity index (χ1n) is 8.30. The van der Waals surface area contributed by atoms with E-state index in [0.717, 1.165) is 23.6 Å². The highest BCUT2D eigenvalue weighted by molar-refractivity contribution is 6.42. The minimum atomic E-state index is -0.731. The number of carbonyl (C=O) groups is 1. The molecule has 1 aliphatic heterocycles. The normalized spacial score (nSPS) is 17.8. The average Bonchev–Trinajstić information content (AvgIpc) is 3.06. The van der Waals surface area contributed by atoms with Crippen LogP contribution >= 0.6 is 34.8 Å². The molecule has 2 aromatic carbocycles. The summed E-state index contributed by atoms with van der Waals surface area (Å²) in [4.78, 5) is 15.1. The molecule has 1 aliphatic rings. The Balaban J connectivity index is 1.80. The summed E-state index contributed by atoms with van der Waals surface area (Å²) in [5.41, 5.74) is 1.21. The van der Waals surface area contributed by atoms with E-state index in [1.165, 1.54) is 5.56 Å². The Hall–Kier alpha value is -1.22. The third kappa shape index (κ3) is 3.67. The minimum Gasteiger partial charge on any atom is -0.341 e. The lowest BCUT2D eigenvalue weighted by molar-refractivity contribution is -0.135. The van der Waals surface area contributed by atoms with Crippen molar-refractivity contribution < 1.29 is 4.79 Å². The summed E-state index contributed by atoms with van der Waals surface area (Å²) in [5, 5.41) is 1.65. The molecule has 25 heavy (non-hydrogen) atoms. The third-order valence-electron chi connectivity index (χ3n) is 4.96. The summed E-state index contributed by atoms with van der Waals surface area (Å²) in [7, 11) is 0. The van der Waals surface area contributed by atoms with Crippen molar-refractivity contribution in [1.29, 1.82) is 0 Å². The third-order valence-corrected chi connectivity index (χ3v) is 6.01. The van der Waals surface area contributed by atoms with E-state index >= 15 is 0 Å². The van der Waals surface area contributed by atoms with Crippen LogP contribution in [0.5, 0.6) is 0 Å². The second-order valence-electron chi connectivity index (χ2n) is 7.02. The zero-order valence-corrected chi connectivity index (χ0v) is 16.5. The molecule has 1 fully saturated rings.